The van der Waals surface area contributed by atoms with Crippen molar-refractivity contribution in [3.05, 3.63) is 76.2 Å². The Hall–Kier alpha value is -3.21. The molecule has 0 N–H and O–H groups in total. The molecule has 1 aromatic heterocycles. The van der Waals surface area contributed by atoms with Crippen LogP contribution in [0.4, 0.5) is 0 Å². The molecule has 0 spiro atoms. The summed E-state index contributed by atoms with van der Waals surface area (Å²) in [6, 6.07) is 13.9. The average Bonchev–Trinajstić information content (AvgIpc) is 3.20. The van der Waals surface area contributed by atoms with Crippen molar-refractivity contribution >= 4 is 11.8 Å². The van der Waals surface area contributed by atoms with E-state index in [-0.39, 0.29) is 18.8 Å². The van der Waals surface area contributed by atoms with Crippen LogP contribution in [0.1, 0.15) is 38.5 Å². The number of nitrogens with zero attached hydrogens (tertiary/aromatic N) is 1. The van der Waals surface area contributed by atoms with E-state index in [1.807, 2.05) is 24.3 Å². The van der Waals surface area contributed by atoms with Crippen molar-refractivity contribution in [2.75, 3.05) is 6.61 Å². The van der Waals surface area contributed by atoms with Crippen molar-refractivity contribution in [3.8, 4) is 11.1 Å². The van der Waals surface area contributed by atoms with E-state index in [0.29, 0.717) is 22.6 Å². The lowest BCUT2D eigenvalue weighted by Crippen LogP contribution is -2.16. The van der Waals surface area contributed by atoms with Gasteiger partial charge in [0.25, 0.3) is 0 Å². The molecular weight excluding hydrogens is 342 g/mol. The minimum absolute atomic E-state index is 0.0476. The zero-order valence-electron chi connectivity index (χ0n) is 15.2. The van der Waals surface area contributed by atoms with Gasteiger partial charge in [-0.3, -0.25) is 9.59 Å². The molecule has 0 atom stereocenters. The summed E-state index contributed by atoms with van der Waals surface area (Å²) in [6.07, 6.45) is 0.929. The van der Waals surface area contributed by atoms with Gasteiger partial charge in [-0.1, -0.05) is 41.6 Å². The Bertz CT molecular complexity index is 1030. The van der Waals surface area contributed by atoms with Gasteiger partial charge in [0.2, 0.25) is 0 Å². The number of carbonyl (C=O) groups is 2. The summed E-state index contributed by atoms with van der Waals surface area (Å²) < 4.78 is 10.2. The number of Topliss-reactive ketones (excluding diaryl/α,β-unsaturated/α-hetero) is 1. The van der Waals surface area contributed by atoms with Crippen LogP contribution in [-0.2, 0) is 22.4 Å². The summed E-state index contributed by atoms with van der Waals surface area (Å²) in [5.74, 6) is -0.0911. The molecule has 1 aliphatic carbocycles. The maximum absolute atomic E-state index is 12.5. The summed E-state index contributed by atoms with van der Waals surface area (Å²) in [4.78, 5) is 24.5. The third-order valence-electron chi connectivity index (χ3n) is 4.99. The number of ketones is 1. The Kier molecular flexibility index (Phi) is 4.36. The number of hydrogen-bond donors (Lipinski definition) is 0. The van der Waals surface area contributed by atoms with Gasteiger partial charge in [0.1, 0.15) is 5.76 Å². The van der Waals surface area contributed by atoms with Gasteiger partial charge in [-0.25, -0.2) is 0 Å². The van der Waals surface area contributed by atoms with Crippen molar-refractivity contribution < 1.29 is 18.8 Å². The molecule has 2 aromatic carbocycles. The van der Waals surface area contributed by atoms with Crippen molar-refractivity contribution in [3.63, 3.8) is 0 Å². The standard InChI is InChI=1S/C22H19NO4/c1-13-19(14(2)27-23-13)11-22(25)26-12-21(24)17-8-7-16-9-15-5-3-4-6-18(15)20(16)10-17/h3-8,10H,9,11-12H2,1-2H3. The number of esters is 1. The first kappa shape index (κ1) is 17.2. The average molecular weight is 361 g/mol. The Labute approximate surface area is 156 Å². The monoisotopic (exact) mass is 361 g/mol. The molecule has 0 aliphatic heterocycles. The van der Waals surface area contributed by atoms with E-state index in [9.17, 15) is 9.59 Å². The molecule has 0 fully saturated rings. The summed E-state index contributed by atoms with van der Waals surface area (Å²) in [7, 11) is 0. The quantitative estimate of drug-likeness (QED) is 0.399. The molecule has 3 aromatic rings. The van der Waals surface area contributed by atoms with E-state index in [1.165, 1.54) is 11.1 Å². The van der Waals surface area contributed by atoms with E-state index >= 15 is 0 Å². The number of aromatic nitrogens is 1. The summed E-state index contributed by atoms with van der Waals surface area (Å²) >= 11 is 0. The maximum atomic E-state index is 12.5. The predicted octanol–water partition coefficient (Wildman–Crippen LogP) is 3.83. The van der Waals surface area contributed by atoms with Crippen LogP contribution in [-0.4, -0.2) is 23.5 Å². The van der Waals surface area contributed by atoms with Crippen LogP contribution in [0.15, 0.2) is 47.0 Å². The fourth-order valence-electron chi connectivity index (χ4n) is 3.48. The number of aryl methyl sites for hydroxylation is 2. The minimum Gasteiger partial charge on any atom is -0.457 e. The Morgan fingerprint density at radius 1 is 1.07 bits per heavy atom. The zero-order valence-corrected chi connectivity index (χ0v) is 15.2. The van der Waals surface area contributed by atoms with E-state index in [2.05, 4.69) is 17.3 Å². The molecular formula is C22H19NO4. The van der Waals surface area contributed by atoms with Gasteiger partial charge in [0, 0.05) is 11.1 Å². The normalized spacial score (nSPS) is 11.8. The van der Waals surface area contributed by atoms with Crippen molar-refractivity contribution in [2.45, 2.75) is 26.7 Å². The lowest BCUT2D eigenvalue weighted by atomic mass is 10.0. The van der Waals surface area contributed by atoms with Gasteiger partial charge in [0.15, 0.2) is 12.4 Å². The smallest absolute Gasteiger partial charge is 0.310 e. The molecule has 27 heavy (non-hydrogen) atoms. The van der Waals surface area contributed by atoms with Gasteiger partial charge in [-0.15, -0.1) is 0 Å². The van der Waals surface area contributed by atoms with Crippen LogP contribution < -0.4 is 0 Å². The van der Waals surface area contributed by atoms with Crippen LogP contribution >= 0.6 is 0 Å². The number of benzene rings is 2. The molecule has 136 valence electrons. The first-order chi connectivity index (χ1) is 13.0. The lowest BCUT2D eigenvalue weighted by molar-refractivity contribution is -0.141. The van der Waals surface area contributed by atoms with Gasteiger partial charge in [-0.05, 0) is 48.6 Å². The summed E-state index contributed by atoms with van der Waals surface area (Å²) in [5.41, 5.74) is 6.65. The molecule has 0 unspecified atom stereocenters. The van der Waals surface area contributed by atoms with Crippen LogP contribution in [0.5, 0.6) is 0 Å². The number of hydrogen-bond acceptors (Lipinski definition) is 5. The number of ether oxygens (including phenoxy) is 1. The van der Waals surface area contributed by atoms with Crippen LogP contribution in [0.2, 0.25) is 0 Å². The van der Waals surface area contributed by atoms with Crippen LogP contribution in [0.3, 0.4) is 0 Å². The molecule has 0 saturated heterocycles. The molecule has 1 aliphatic rings. The number of carbonyl (C=O) groups excluding carboxylic acids is 2. The third kappa shape index (κ3) is 3.28. The van der Waals surface area contributed by atoms with Crippen molar-refractivity contribution in [2.24, 2.45) is 0 Å². The van der Waals surface area contributed by atoms with E-state index < -0.39 is 5.97 Å². The molecule has 5 nitrogen and oxygen atoms in total. The zero-order chi connectivity index (χ0) is 19.0. The molecule has 0 radical (unpaired) electrons. The van der Waals surface area contributed by atoms with Gasteiger partial charge < -0.3 is 9.26 Å². The molecule has 4 rings (SSSR count). The first-order valence-corrected chi connectivity index (χ1v) is 8.84. The summed E-state index contributed by atoms with van der Waals surface area (Å²) in [5, 5.41) is 3.81. The van der Waals surface area contributed by atoms with Gasteiger partial charge in [-0.2, -0.15) is 0 Å². The maximum Gasteiger partial charge on any atom is 0.310 e. The molecule has 0 amide bonds. The predicted molar refractivity (Wildman–Crippen MR) is 99.7 cm³/mol. The highest BCUT2D eigenvalue weighted by Crippen LogP contribution is 2.36. The molecule has 5 heteroatoms. The van der Waals surface area contributed by atoms with Crippen molar-refractivity contribution in [1.82, 2.24) is 5.16 Å². The fraction of sp³-hybridized carbons (Fsp3) is 0.227. The highest BCUT2D eigenvalue weighted by molar-refractivity contribution is 5.99. The molecule has 0 saturated carbocycles. The molecule has 1 heterocycles. The SMILES string of the molecule is Cc1noc(C)c1CC(=O)OCC(=O)c1ccc2c(c1)-c1ccccc1C2. The second-order valence-corrected chi connectivity index (χ2v) is 6.77. The third-order valence-corrected chi connectivity index (χ3v) is 4.99. The van der Waals surface area contributed by atoms with Gasteiger partial charge >= 0.3 is 5.97 Å². The molecule has 0 bridgehead atoms. The van der Waals surface area contributed by atoms with Crippen LogP contribution in [0.25, 0.3) is 11.1 Å². The highest BCUT2D eigenvalue weighted by Gasteiger charge is 2.20. The van der Waals surface area contributed by atoms with Crippen molar-refractivity contribution in [1.29, 1.82) is 0 Å². The second kappa shape index (κ2) is 6.83. The first-order valence-electron chi connectivity index (χ1n) is 8.84. The fourth-order valence-corrected chi connectivity index (χ4v) is 3.48. The van der Waals surface area contributed by atoms with Gasteiger partial charge in [0.05, 0.1) is 12.1 Å². The number of fused-ring (bicyclic) bond motifs is 3. The Balaban J connectivity index is 1.43. The Morgan fingerprint density at radius 2 is 1.85 bits per heavy atom. The minimum atomic E-state index is -0.468. The highest BCUT2D eigenvalue weighted by atomic mass is 16.5. The largest absolute Gasteiger partial charge is 0.457 e. The lowest BCUT2D eigenvalue weighted by Gasteiger charge is -2.07. The summed E-state index contributed by atoms with van der Waals surface area (Å²) in [6.45, 7) is 3.24. The van der Waals surface area contributed by atoms with Crippen LogP contribution in [0, 0.1) is 13.8 Å². The van der Waals surface area contributed by atoms with E-state index in [4.69, 9.17) is 9.26 Å². The van der Waals surface area contributed by atoms with E-state index in [0.717, 1.165) is 17.5 Å². The number of rotatable bonds is 5. The topological polar surface area (TPSA) is 69.4 Å². The Morgan fingerprint density at radius 3 is 2.63 bits per heavy atom. The van der Waals surface area contributed by atoms with E-state index in [1.54, 1.807) is 19.9 Å². The second-order valence-electron chi connectivity index (χ2n) is 6.77.